The molecule has 4 aromatic rings. The zero-order valence-electron chi connectivity index (χ0n) is 16.0. The summed E-state index contributed by atoms with van der Waals surface area (Å²) in [6.07, 6.45) is 5.51. The second kappa shape index (κ2) is 7.05. The Labute approximate surface area is 168 Å². The number of carbonyl (C=O) groups excluding carboxylic acids is 1. The van der Waals surface area contributed by atoms with Crippen LogP contribution < -0.4 is 5.32 Å². The first-order valence-corrected chi connectivity index (χ1v) is 9.66. The fraction of sp³-hybridized carbons (Fsp3) is 0.174. The molecule has 0 atom stereocenters. The number of aromatic nitrogens is 3. The van der Waals surface area contributed by atoms with Gasteiger partial charge in [0, 0.05) is 17.2 Å². The van der Waals surface area contributed by atoms with Crippen LogP contribution in [0.25, 0.3) is 17.1 Å². The highest BCUT2D eigenvalue weighted by Crippen LogP contribution is 2.42. The maximum Gasteiger partial charge on any atom is 0.259 e. The van der Waals surface area contributed by atoms with Crippen LogP contribution in [-0.2, 0) is 0 Å². The first-order chi connectivity index (χ1) is 14.2. The summed E-state index contributed by atoms with van der Waals surface area (Å²) in [5.74, 6) is 1.50. The first kappa shape index (κ1) is 17.4. The van der Waals surface area contributed by atoms with E-state index in [0.717, 1.165) is 35.5 Å². The van der Waals surface area contributed by atoms with Crippen LogP contribution in [-0.4, -0.2) is 20.7 Å². The molecule has 6 nitrogen and oxygen atoms in total. The van der Waals surface area contributed by atoms with Gasteiger partial charge in [0.2, 0.25) is 5.89 Å². The van der Waals surface area contributed by atoms with Crippen molar-refractivity contribution in [3.05, 3.63) is 84.0 Å². The lowest BCUT2D eigenvalue weighted by Crippen LogP contribution is -2.14. The number of hydrogen-bond acceptors (Lipinski definition) is 4. The van der Waals surface area contributed by atoms with Crippen molar-refractivity contribution >= 4 is 11.6 Å². The van der Waals surface area contributed by atoms with Crippen LogP contribution >= 0.6 is 0 Å². The zero-order chi connectivity index (χ0) is 19.8. The van der Waals surface area contributed by atoms with Gasteiger partial charge in [-0.05, 0) is 50.1 Å². The molecule has 2 aromatic heterocycles. The molecule has 0 bridgehead atoms. The van der Waals surface area contributed by atoms with E-state index in [1.807, 2.05) is 66.2 Å². The van der Waals surface area contributed by atoms with Gasteiger partial charge in [0.25, 0.3) is 5.91 Å². The van der Waals surface area contributed by atoms with E-state index in [9.17, 15) is 4.79 Å². The van der Waals surface area contributed by atoms with E-state index < -0.39 is 0 Å². The third-order valence-electron chi connectivity index (χ3n) is 5.00. The lowest BCUT2D eigenvalue weighted by atomic mass is 10.1. The highest BCUT2D eigenvalue weighted by atomic mass is 16.4. The highest BCUT2D eigenvalue weighted by molar-refractivity contribution is 6.05. The number of nitrogens with one attached hydrogen (secondary N) is 1. The lowest BCUT2D eigenvalue weighted by molar-refractivity contribution is 0.102. The van der Waals surface area contributed by atoms with Crippen LogP contribution in [0, 0.1) is 6.92 Å². The minimum absolute atomic E-state index is 0.158. The third-order valence-corrected chi connectivity index (χ3v) is 5.00. The fourth-order valence-corrected chi connectivity index (χ4v) is 3.47. The Morgan fingerprint density at radius 2 is 1.93 bits per heavy atom. The summed E-state index contributed by atoms with van der Waals surface area (Å²) in [6.45, 7) is 1.85. The van der Waals surface area contributed by atoms with Crippen molar-refractivity contribution in [3.8, 4) is 17.1 Å². The molecule has 5 rings (SSSR count). The largest absolute Gasteiger partial charge is 0.441 e. The maximum absolute atomic E-state index is 13.1. The molecule has 0 radical (unpaired) electrons. The minimum Gasteiger partial charge on any atom is -0.441 e. The molecule has 2 heterocycles. The number of carbonyl (C=O) groups is 1. The Morgan fingerprint density at radius 1 is 1.10 bits per heavy atom. The second-order valence-corrected chi connectivity index (χ2v) is 7.28. The Balaban J connectivity index is 1.44. The minimum atomic E-state index is -0.158. The lowest BCUT2D eigenvalue weighted by Gasteiger charge is -2.10. The molecule has 0 saturated heterocycles. The Hall–Kier alpha value is -3.67. The number of rotatable bonds is 5. The summed E-state index contributed by atoms with van der Waals surface area (Å²) < 4.78 is 7.48. The summed E-state index contributed by atoms with van der Waals surface area (Å²) >= 11 is 0. The molecule has 0 spiro atoms. The standard InChI is InChI=1S/C23H20N4O2/c1-15-13-24-23(29-15)17-6-5-7-18(12-17)26-22(28)20-14-25-27(21(20)16-10-11-16)19-8-3-2-4-9-19/h2-9,12-14,16H,10-11H2,1H3,(H,26,28). The molecule has 1 aliphatic carbocycles. The number of amides is 1. The zero-order valence-corrected chi connectivity index (χ0v) is 16.0. The number of hydrogen-bond donors (Lipinski definition) is 1. The molecule has 144 valence electrons. The molecular weight excluding hydrogens is 364 g/mol. The summed E-state index contributed by atoms with van der Waals surface area (Å²) in [5, 5.41) is 7.51. The van der Waals surface area contributed by atoms with Gasteiger partial charge in [-0.25, -0.2) is 9.67 Å². The SMILES string of the molecule is Cc1cnc(-c2cccc(NC(=O)c3cnn(-c4ccccc4)c3C3CC3)c2)o1. The Morgan fingerprint density at radius 3 is 2.66 bits per heavy atom. The van der Waals surface area contributed by atoms with Gasteiger partial charge in [-0.15, -0.1) is 0 Å². The van der Waals surface area contributed by atoms with Crippen molar-refractivity contribution < 1.29 is 9.21 Å². The summed E-state index contributed by atoms with van der Waals surface area (Å²) in [7, 11) is 0. The molecule has 0 unspecified atom stereocenters. The monoisotopic (exact) mass is 384 g/mol. The Kier molecular flexibility index (Phi) is 4.24. The molecule has 1 amide bonds. The first-order valence-electron chi connectivity index (χ1n) is 9.66. The molecular formula is C23H20N4O2. The van der Waals surface area contributed by atoms with Gasteiger partial charge in [0.1, 0.15) is 5.76 Å². The smallest absolute Gasteiger partial charge is 0.259 e. The van der Waals surface area contributed by atoms with Crippen LogP contribution in [0.5, 0.6) is 0 Å². The van der Waals surface area contributed by atoms with E-state index in [1.165, 1.54) is 0 Å². The van der Waals surface area contributed by atoms with Crippen LogP contribution in [0.4, 0.5) is 5.69 Å². The van der Waals surface area contributed by atoms with Gasteiger partial charge in [-0.2, -0.15) is 5.10 Å². The molecule has 0 aliphatic heterocycles. The molecule has 29 heavy (non-hydrogen) atoms. The van der Waals surface area contributed by atoms with Crippen molar-refractivity contribution in [2.45, 2.75) is 25.7 Å². The van der Waals surface area contributed by atoms with Gasteiger partial charge in [0.05, 0.1) is 29.3 Å². The fourth-order valence-electron chi connectivity index (χ4n) is 3.47. The average Bonchev–Trinajstić information content (AvgIpc) is 3.33. The van der Waals surface area contributed by atoms with Gasteiger partial charge < -0.3 is 9.73 Å². The number of para-hydroxylation sites is 1. The summed E-state index contributed by atoms with van der Waals surface area (Å²) in [6, 6.07) is 17.4. The van der Waals surface area contributed by atoms with E-state index in [-0.39, 0.29) is 5.91 Å². The summed E-state index contributed by atoms with van der Waals surface area (Å²) in [5.41, 5.74) is 4.08. The van der Waals surface area contributed by atoms with E-state index in [2.05, 4.69) is 15.4 Å². The molecule has 1 saturated carbocycles. The number of benzene rings is 2. The van der Waals surface area contributed by atoms with Crippen molar-refractivity contribution in [2.75, 3.05) is 5.32 Å². The molecule has 1 aliphatic rings. The predicted molar refractivity (Wildman–Crippen MR) is 110 cm³/mol. The maximum atomic E-state index is 13.1. The number of anilines is 1. The average molecular weight is 384 g/mol. The molecule has 2 aromatic carbocycles. The molecule has 1 fully saturated rings. The van der Waals surface area contributed by atoms with Crippen LogP contribution in [0.15, 0.2) is 71.4 Å². The van der Waals surface area contributed by atoms with E-state index >= 15 is 0 Å². The second-order valence-electron chi connectivity index (χ2n) is 7.28. The van der Waals surface area contributed by atoms with E-state index in [1.54, 1.807) is 12.4 Å². The Bertz CT molecular complexity index is 1170. The van der Waals surface area contributed by atoms with Gasteiger partial charge in [-0.3, -0.25) is 4.79 Å². The molecule has 1 N–H and O–H groups in total. The molecule has 6 heteroatoms. The van der Waals surface area contributed by atoms with Crippen LogP contribution in [0.3, 0.4) is 0 Å². The van der Waals surface area contributed by atoms with Gasteiger partial charge >= 0.3 is 0 Å². The van der Waals surface area contributed by atoms with Crippen LogP contribution in [0.1, 0.15) is 40.6 Å². The number of aryl methyl sites for hydroxylation is 1. The predicted octanol–water partition coefficient (Wildman–Crippen LogP) is 4.97. The summed E-state index contributed by atoms with van der Waals surface area (Å²) in [4.78, 5) is 17.3. The third kappa shape index (κ3) is 3.45. The van der Waals surface area contributed by atoms with Crippen molar-refractivity contribution in [3.63, 3.8) is 0 Å². The quantitative estimate of drug-likeness (QED) is 0.527. The number of nitrogens with zero attached hydrogens (tertiary/aromatic N) is 3. The van der Waals surface area contributed by atoms with E-state index in [0.29, 0.717) is 23.1 Å². The van der Waals surface area contributed by atoms with Crippen molar-refractivity contribution in [2.24, 2.45) is 0 Å². The van der Waals surface area contributed by atoms with Crippen molar-refractivity contribution in [1.82, 2.24) is 14.8 Å². The van der Waals surface area contributed by atoms with E-state index in [4.69, 9.17) is 4.42 Å². The van der Waals surface area contributed by atoms with Gasteiger partial charge in [0.15, 0.2) is 0 Å². The van der Waals surface area contributed by atoms with Crippen molar-refractivity contribution in [1.29, 1.82) is 0 Å². The van der Waals surface area contributed by atoms with Gasteiger partial charge in [-0.1, -0.05) is 24.3 Å². The topological polar surface area (TPSA) is 73.0 Å². The highest BCUT2D eigenvalue weighted by Gasteiger charge is 2.33. The number of oxazole rings is 1. The van der Waals surface area contributed by atoms with Crippen LogP contribution in [0.2, 0.25) is 0 Å². The normalized spacial score (nSPS) is 13.4.